The lowest BCUT2D eigenvalue weighted by atomic mass is 10.1. The van der Waals surface area contributed by atoms with Gasteiger partial charge < -0.3 is 24.3 Å². The summed E-state index contributed by atoms with van der Waals surface area (Å²) in [7, 11) is 0. The van der Waals surface area contributed by atoms with Crippen molar-refractivity contribution in [1.29, 1.82) is 0 Å². The van der Waals surface area contributed by atoms with E-state index in [0.29, 0.717) is 37.9 Å². The first-order valence-corrected chi connectivity index (χ1v) is 6.92. The van der Waals surface area contributed by atoms with Crippen LogP contribution in [-0.4, -0.2) is 29.8 Å². The lowest BCUT2D eigenvalue weighted by molar-refractivity contribution is 0.162. The molecule has 1 unspecified atom stereocenters. The van der Waals surface area contributed by atoms with Crippen LogP contribution in [0, 0.1) is 6.92 Å². The summed E-state index contributed by atoms with van der Waals surface area (Å²) < 4.78 is 16.3. The number of nitrogens with zero attached hydrogens (tertiary/aromatic N) is 1. The minimum Gasteiger partial charge on any atom is -0.486 e. The number of hydrogen-bond donors (Lipinski definition) is 2. The van der Waals surface area contributed by atoms with E-state index in [1.807, 2.05) is 25.1 Å². The summed E-state index contributed by atoms with van der Waals surface area (Å²) in [6.07, 6.45) is 1.05. The number of ether oxygens (including phenoxy) is 2. The molecule has 1 aliphatic rings. The fourth-order valence-corrected chi connectivity index (χ4v) is 2.18. The van der Waals surface area contributed by atoms with Crippen LogP contribution >= 0.6 is 0 Å². The summed E-state index contributed by atoms with van der Waals surface area (Å²) in [5, 5.41) is 13.3. The third kappa shape index (κ3) is 3.34. The number of nitrogens with one attached hydrogen (secondary N) is 1. The summed E-state index contributed by atoms with van der Waals surface area (Å²) in [4.78, 5) is 4.10. The third-order valence-electron chi connectivity index (χ3n) is 3.23. The zero-order valence-electron chi connectivity index (χ0n) is 11.8. The maximum absolute atomic E-state index is 10.2. The number of hydrogen-bond acceptors (Lipinski definition) is 6. The van der Waals surface area contributed by atoms with Crippen molar-refractivity contribution < 1.29 is 19.0 Å². The van der Waals surface area contributed by atoms with Gasteiger partial charge in [0.25, 0.3) is 0 Å². The number of aryl methyl sites for hydroxylation is 1. The molecular formula is C15H18N2O4. The Balaban J connectivity index is 1.56. The number of aromatic nitrogens is 1. The van der Waals surface area contributed by atoms with E-state index in [4.69, 9.17) is 13.9 Å². The second-order valence-corrected chi connectivity index (χ2v) is 4.91. The topological polar surface area (TPSA) is 76.8 Å². The predicted molar refractivity (Wildman–Crippen MR) is 75.3 cm³/mol. The molecule has 0 saturated carbocycles. The average molecular weight is 290 g/mol. The highest BCUT2D eigenvalue weighted by atomic mass is 16.6. The predicted octanol–water partition coefficient (Wildman–Crippen LogP) is 1.58. The molecule has 0 spiro atoms. The molecule has 112 valence electrons. The zero-order chi connectivity index (χ0) is 14.7. The summed E-state index contributed by atoms with van der Waals surface area (Å²) in [5.74, 6) is 2.79. The normalized spacial score (nSPS) is 15.0. The maximum atomic E-state index is 10.2. The molecule has 0 fully saturated rings. The molecule has 6 heteroatoms. The molecule has 1 aromatic carbocycles. The fraction of sp³-hybridized carbons (Fsp3) is 0.400. The summed E-state index contributed by atoms with van der Waals surface area (Å²) in [6.45, 7) is 3.83. The van der Waals surface area contributed by atoms with Crippen LogP contribution in [0.5, 0.6) is 11.5 Å². The second-order valence-electron chi connectivity index (χ2n) is 4.91. The van der Waals surface area contributed by atoms with E-state index in [-0.39, 0.29) is 0 Å². The molecule has 1 aromatic heterocycles. The van der Waals surface area contributed by atoms with Gasteiger partial charge in [0.2, 0.25) is 5.89 Å². The van der Waals surface area contributed by atoms with Gasteiger partial charge in [0.15, 0.2) is 11.5 Å². The molecule has 3 rings (SSSR count). The van der Waals surface area contributed by atoms with Gasteiger partial charge in [0.05, 0.1) is 18.8 Å². The van der Waals surface area contributed by atoms with Gasteiger partial charge in [-0.3, -0.25) is 0 Å². The van der Waals surface area contributed by atoms with Gasteiger partial charge in [-0.2, -0.15) is 0 Å². The molecule has 21 heavy (non-hydrogen) atoms. The van der Waals surface area contributed by atoms with E-state index >= 15 is 0 Å². The van der Waals surface area contributed by atoms with Crippen molar-refractivity contribution in [2.75, 3.05) is 19.8 Å². The monoisotopic (exact) mass is 290 g/mol. The van der Waals surface area contributed by atoms with Gasteiger partial charge in [0, 0.05) is 6.54 Å². The summed E-state index contributed by atoms with van der Waals surface area (Å²) in [5.41, 5.74) is 0.787. The van der Waals surface area contributed by atoms with E-state index in [9.17, 15) is 5.11 Å². The molecule has 0 saturated heterocycles. The van der Waals surface area contributed by atoms with Crippen molar-refractivity contribution in [2.24, 2.45) is 0 Å². The van der Waals surface area contributed by atoms with Gasteiger partial charge in [-0.15, -0.1) is 0 Å². The van der Waals surface area contributed by atoms with E-state index < -0.39 is 6.10 Å². The Labute approximate surface area is 122 Å². The largest absolute Gasteiger partial charge is 0.486 e. The third-order valence-corrected chi connectivity index (χ3v) is 3.23. The number of benzene rings is 1. The quantitative estimate of drug-likeness (QED) is 0.870. The van der Waals surface area contributed by atoms with E-state index in [1.165, 1.54) is 0 Å². The average Bonchev–Trinajstić information content (AvgIpc) is 2.92. The Morgan fingerprint density at radius 2 is 2.10 bits per heavy atom. The highest BCUT2D eigenvalue weighted by Crippen LogP contribution is 2.32. The molecule has 0 amide bonds. The van der Waals surface area contributed by atoms with E-state index in [2.05, 4.69) is 10.3 Å². The van der Waals surface area contributed by atoms with Gasteiger partial charge >= 0.3 is 0 Å². The lowest BCUT2D eigenvalue weighted by Gasteiger charge is -2.20. The van der Waals surface area contributed by atoms with Gasteiger partial charge in [-0.25, -0.2) is 4.98 Å². The molecule has 0 aliphatic carbocycles. The molecule has 2 N–H and O–H groups in total. The number of fused-ring (bicyclic) bond motifs is 1. The van der Waals surface area contributed by atoms with Gasteiger partial charge in [-0.1, -0.05) is 6.07 Å². The van der Waals surface area contributed by atoms with Crippen molar-refractivity contribution in [3.05, 3.63) is 41.6 Å². The first kappa shape index (κ1) is 13.9. The number of rotatable bonds is 5. The SMILES string of the molecule is Cc1cnc(CNCC(O)c2ccc3c(c2)OCCO3)o1. The van der Waals surface area contributed by atoms with Crippen LogP contribution in [0.4, 0.5) is 0 Å². The highest BCUT2D eigenvalue weighted by molar-refractivity contribution is 5.44. The summed E-state index contributed by atoms with van der Waals surface area (Å²) >= 11 is 0. The molecule has 1 aliphatic heterocycles. The molecule has 6 nitrogen and oxygen atoms in total. The van der Waals surface area contributed by atoms with E-state index in [1.54, 1.807) is 6.20 Å². The minimum absolute atomic E-state index is 0.404. The van der Waals surface area contributed by atoms with Crippen LogP contribution < -0.4 is 14.8 Å². The standard InChI is InChI=1S/C15H18N2O4/c1-10-7-17-15(21-10)9-16-8-12(18)11-2-3-13-14(6-11)20-5-4-19-13/h2-3,6-7,12,16,18H,4-5,8-9H2,1H3. The molecule has 2 aromatic rings. The lowest BCUT2D eigenvalue weighted by Crippen LogP contribution is -2.21. The zero-order valence-corrected chi connectivity index (χ0v) is 11.8. The van der Waals surface area contributed by atoms with Gasteiger partial charge in [-0.05, 0) is 24.6 Å². The smallest absolute Gasteiger partial charge is 0.208 e. The van der Waals surface area contributed by atoms with Gasteiger partial charge in [0.1, 0.15) is 19.0 Å². The number of aliphatic hydroxyl groups is 1. The summed E-state index contributed by atoms with van der Waals surface area (Å²) in [6, 6.07) is 5.48. The first-order valence-electron chi connectivity index (χ1n) is 6.92. The first-order chi connectivity index (χ1) is 10.2. The van der Waals surface area contributed by atoms with Crippen LogP contribution in [-0.2, 0) is 6.54 Å². The molecule has 1 atom stereocenters. The van der Waals surface area contributed by atoms with Crippen LogP contribution in [0.2, 0.25) is 0 Å². The molecule has 2 heterocycles. The number of oxazole rings is 1. The number of aliphatic hydroxyl groups excluding tert-OH is 1. The fourth-order valence-electron chi connectivity index (χ4n) is 2.18. The maximum Gasteiger partial charge on any atom is 0.208 e. The second kappa shape index (κ2) is 6.15. The van der Waals surface area contributed by atoms with Crippen molar-refractivity contribution in [2.45, 2.75) is 19.6 Å². The Bertz CT molecular complexity index is 611. The Kier molecular flexibility index (Phi) is 4.08. The van der Waals surface area contributed by atoms with Crippen molar-refractivity contribution in [1.82, 2.24) is 10.3 Å². The van der Waals surface area contributed by atoms with Crippen molar-refractivity contribution in [3.8, 4) is 11.5 Å². The minimum atomic E-state index is -0.628. The van der Waals surface area contributed by atoms with Crippen molar-refractivity contribution >= 4 is 0 Å². The van der Waals surface area contributed by atoms with Crippen molar-refractivity contribution in [3.63, 3.8) is 0 Å². The van der Waals surface area contributed by atoms with Crippen LogP contribution in [0.15, 0.2) is 28.8 Å². The Morgan fingerprint density at radius 3 is 2.86 bits per heavy atom. The van der Waals surface area contributed by atoms with Crippen LogP contribution in [0.25, 0.3) is 0 Å². The molecule has 0 bridgehead atoms. The molecule has 0 radical (unpaired) electrons. The Hall–Kier alpha value is -2.05. The molecular weight excluding hydrogens is 272 g/mol. The highest BCUT2D eigenvalue weighted by Gasteiger charge is 2.15. The van der Waals surface area contributed by atoms with Crippen LogP contribution in [0.3, 0.4) is 0 Å². The van der Waals surface area contributed by atoms with E-state index in [0.717, 1.165) is 17.1 Å². The Morgan fingerprint density at radius 1 is 1.29 bits per heavy atom. The van der Waals surface area contributed by atoms with Crippen LogP contribution in [0.1, 0.15) is 23.3 Å².